The first-order valence-corrected chi connectivity index (χ1v) is 5.88. The SMILES string of the molecule is NC1(CCN2CCOCC2)CCCC1. The van der Waals surface area contributed by atoms with E-state index < -0.39 is 0 Å². The van der Waals surface area contributed by atoms with E-state index in [1.807, 2.05) is 0 Å². The summed E-state index contributed by atoms with van der Waals surface area (Å²) in [7, 11) is 0. The van der Waals surface area contributed by atoms with Gasteiger partial charge in [-0.3, -0.25) is 4.90 Å². The number of rotatable bonds is 3. The number of hydrogen-bond donors (Lipinski definition) is 1. The van der Waals surface area contributed by atoms with Crippen molar-refractivity contribution in [2.24, 2.45) is 5.73 Å². The molecule has 2 rings (SSSR count). The molecule has 82 valence electrons. The van der Waals surface area contributed by atoms with Gasteiger partial charge in [0, 0.05) is 25.2 Å². The molecule has 2 fully saturated rings. The van der Waals surface area contributed by atoms with E-state index in [2.05, 4.69) is 4.90 Å². The third kappa shape index (κ3) is 2.69. The van der Waals surface area contributed by atoms with Crippen molar-refractivity contribution in [2.75, 3.05) is 32.8 Å². The number of nitrogens with zero attached hydrogens (tertiary/aromatic N) is 1. The molecule has 1 saturated heterocycles. The summed E-state index contributed by atoms with van der Waals surface area (Å²) in [4.78, 5) is 2.48. The van der Waals surface area contributed by atoms with Gasteiger partial charge in [0.05, 0.1) is 13.2 Å². The summed E-state index contributed by atoms with van der Waals surface area (Å²) >= 11 is 0. The topological polar surface area (TPSA) is 38.5 Å². The van der Waals surface area contributed by atoms with E-state index in [1.54, 1.807) is 0 Å². The lowest BCUT2D eigenvalue weighted by Crippen LogP contribution is -2.43. The second kappa shape index (κ2) is 4.60. The van der Waals surface area contributed by atoms with Gasteiger partial charge in [0.15, 0.2) is 0 Å². The summed E-state index contributed by atoms with van der Waals surface area (Å²) in [5.74, 6) is 0. The molecule has 1 saturated carbocycles. The Labute approximate surface area is 86.6 Å². The summed E-state index contributed by atoms with van der Waals surface area (Å²) in [6.07, 6.45) is 6.31. The largest absolute Gasteiger partial charge is 0.379 e. The van der Waals surface area contributed by atoms with E-state index in [9.17, 15) is 0 Å². The maximum absolute atomic E-state index is 6.32. The molecule has 0 unspecified atom stereocenters. The molecule has 1 heterocycles. The van der Waals surface area contributed by atoms with Crippen LogP contribution in [0.25, 0.3) is 0 Å². The molecule has 0 aromatic heterocycles. The highest BCUT2D eigenvalue weighted by Crippen LogP contribution is 2.30. The molecule has 0 aromatic carbocycles. The molecule has 0 aromatic rings. The van der Waals surface area contributed by atoms with Crippen LogP contribution in [0.15, 0.2) is 0 Å². The van der Waals surface area contributed by atoms with Gasteiger partial charge in [-0.25, -0.2) is 0 Å². The second-order valence-corrected chi connectivity index (χ2v) is 4.77. The van der Waals surface area contributed by atoms with Gasteiger partial charge in [-0.15, -0.1) is 0 Å². The van der Waals surface area contributed by atoms with Crippen LogP contribution < -0.4 is 5.73 Å². The predicted molar refractivity (Wildman–Crippen MR) is 57.3 cm³/mol. The van der Waals surface area contributed by atoms with Crippen molar-refractivity contribution < 1.29 is 4.74 Å². The highest BCUT2D eigenvalue weighted by molar-refractivity contribution is 4.89. The molecule has 1 aliphatic carbocycles. The van der Waals surface area contributed by atoms with E-state index in [4.69, 9.17) is 10.5 Å². The number of morpholine rings is 1. The first kappa shape index (κ1) is 10.4. The van der Waals surface area contributed by atoms with Gasteiger partial charge in [-0.05, 0) is 19.3 Å². The van der Waals surface area contributed by atoms with Crippen LogP contribution in [0.2, 0.25) is 0 Å². The molecule has 2 N–H and O–H groups in total. The maximum atomic E-state index is 6.32. The predicted octanol–water partition coefficient (Wildman–Crippen LogP) is 0.980. The lowest BCUT2D eigenvalue weighted by molar-refractivity contribution is 0.0346. The highest BCUT2D eigenvalue weighted by Gasteiger charge is 2.29. The fraction of sp³-hybridized carbons (Fsp3) is 1.00. The van der Waals surface area contributed by atoms with Gasteiger partial charge >= 0.3 is 0 Å². The minimum atomic E-state index is 0.165. The van der Waals surface area contributed by atoms with Crippen molar-refractivity contribution in [1.29, 1.82) is 0 Å². The van der Waals surface area contributed by atoms with Crippen LogP contribution in [0.5, 0.6) is 0 Å². The van der Waals surface area contributed by atoms with E-state index in [0.717, 1.165) is 26.3 Å². The molecule has 1 aliphatic heterocycles. The molecule has 0 amide bonds. The minimum Gasteiger partial charge on any atom is -0.379 e. The molecular formula is C11H22N2O. The van der Waals surface area contributed by atoms with Crippen molar-refractivity contribution in [3.8, 4) is 0 Å². The first-order valence-electron chi connectivity index (χ1n) is 5.88. The molecule has 0 radical (unpaired) electrons. The monoisotopic (exact) mass is 198 g/mol. The fourth-order valence-electron chi connectivity index (χ4n) is 2.53. The normalized spacial score (nSPS) is 28.1. The zero-order chi connectivity index (χ0) is 9.86. The minimum absolute atomic E-state index is 0.165. The molecule has 0 atom stereocenters. The lowest BCUT2D eigenvalue weighted by Gasteiger charge is -2.31. The molecule has 0 spiro atoms. The van der Waals surface area contributed by atoms with Crippen LogP contribution in [0.4, 0.5) is 0 Å². The van der Waals surface area contributed by atoms with Crippen LogP contribution >= 0.6 is 0 Å². The van der Waals surface area contributed by atoms with Crippen LogP contribution in [0.1, 0.15) is 32.1 Å². The molecule has 3 nitrogen and oxygen atoms in total. The quantitative estimate of drug-likeness (QED) is 0.734. The van der Waals surface area contributed by atoms with Crippen LogP contribution in [-0.2, 0) is 4.74 Å². The summed E-state index contributed by atoms with van der Waals surface area (Å²) in [5.41, 5.74) is 6.48. The number of nitrogens with two attached hydrogens (primary N) is 1. The van der Waals surface area contributed by atoms with Gasteiger partial charge in [0.1, 0.15) is 0 Å². The zero-order valence-corrected chi connectivity index (χ0v) is 9.00. The van der Waals surface area contributed by atoms with Crippen LogP contribution in [0.3, 0.4) is 0 Å². The molecule has 3 heteroatoms. The molecular weight excluding hydrogens is 176 g/mol. The summed E-state index contributed by atoms with van der Waals surface area (Å²) in [6, 6.07) is 0. The van der Waals surface area contributed by atoms with Crippen molar-refractivity contribution in [1.82, 2.24) is 4.90 Å². The molecule has 0 bridgehead atoms. The van der Waals surface area contributed by atoms with Crippen LogP contribution in [-0.4, -0.2) is 43.3 Å². The van der Waals surface area contributed by atoms with Crippen molar-refractivity contribution in [2.45, 2.75) is 37.6 Å². The van der Waals surface area contributed by atoms with Gasteiger partial charge in [0.25, 0.3) is 0 Å². The second-order valence-electron chi connectivity index (χ2n) is 4.77. The van der Waals surface area contributed by atoms with Crippen molar-refractivity contribution in [3.05, 3.63) is 0 Å². The Bertz CT molecular complexity index is 172. The van der Waals surface area contributed by atoms with Crippen LogP contribution in [0, 0.1) is 0 Å². The Morgan fingerprint density at radius 3 is 2.43 bits per heavy atom. The first-order chi connectivity index (χ1) is 6.79. The van der Waals surface area contributed by atoms with Crippen molar-refractivity contribution >= 4 is 0 Å². The summed E-state index contributed by atoms with van der Waals surface area (Å²) in [5, 5.41) is 0. The van der Waals surface area contributed by atoms with E-state index >= 15 is 0 Å². The van der Waals surface area contributed by atoms with Gasteiger partial charge < -0.3 is 10.5 Å². The lowest BCUT2D eigenvalue weighted by atomic mass is 9.94. The smallest absolute Gasteiger partial charge is 0.0594 e. The third-order valence-electron chi connectivity index (χ3n) is 3.63. The molecule has 14 heavy (non-hydrogen) atoms. The van der Waals surface area contributed by atoms with E-state index in [-0.39, 0.29) is 5.54 Å². The summed E-state index contributed by atoms with van der Waals surface area (Å²) < 4.78 is 5.32. The third-order valence-corrected chi connectivity index (χ3v) is 3.63. The molecule has 2 aliphatic rings. The Kier molecular flexibility index (Phi) is 3.42. The Hall–Kier alpha value is -0.120. The van der Waals surface area contributed by atoms with E-state index in [0.29, 0.717) is 0 Å². The fourth-order valence-corrected chi connectivity index (χ4v) is 2.53. The Balaban J connectivity index is 1.70. The average Bonchev–Trinajstić information content (AvgIpc) is 2.65. The average molecular weight is 198 g/mol. The maximum Gasteiger partial charge on any atom is 0.0594 e. The van der Waals surface area contributed by atoms with Gasteiger partial charge in [0.2, 0.25) is 0 Å². The Morgan fingerprint density at radius 1 is 1.14 bits per heavy atom. The number of ether oxygens (including phenoxy) is 1. The van der Waals surface area contributed by atoms with Crippen molar-refractivity contribution in [3.63, 3.8) is 0 Å². The Morgan fingerprint density at radius 2 is 1.79 bits per heavy atom. The van der Waals surface area contributed by atoms with E-state index in [1.165, 1.54) is 38.6 Å². The zero-order valence-electron chi connectivity index (χ0n) is 9.00. The van der Waals surface area contributed by atoms with Gasteiger partial charge in [-0.1, -0.05) is 12.8 Å². The summed E-state index contributed by atoms with van der Waals surface area (Å²) in [6.45, 7) is 5.15. The highest BCUT2D eigenvalue weighted by atomic mass is 16.5. The standard InChI is InChI=1S/C11H22N2O/c12-11(3-1-2-4-11)5-6-13-7-9-14-10-8-13/h1-10,12H2. The van der Waals surface area contributed by atoms with Gasteiger partial charge in [-0.2, -0.15) is 0 Å². The number of hydrogen-bond acceptors (Lipinski definition) is 3.